The van der Waals surface area contributed by atoms with Crippen LogP contribution in [0.1, 0.15) is 78.5 Å². The number of carbonyl (C=O) groups is 1. The molecule has 3 heterocycles. The number of hydrogen-bond acceptors (Lipinski definition) is 9. The van der Waals surface area contributed by atoms with Crippen molar-refractivity contribution in [3.8, 4) is 17.5 Å². The quantitative estimate of drug-likeness (QED) is 0.113. The Morgan fingerprint density at radius 3 is 2.33 bits per heavy atom. The first-order chi connectivity index (χ1) is 29.7. The van der Waals surface area contributed by atoms with E-state index in [9.17, 15) is 39.2 Å². The van der Waals surface area contributed by atoms with Gasteiger partial charge in [0.15, 0.2) is 15.7 Å². The number of hydrogen-bond donors (Lipinski definition) is 2. The first kappa shape index (κ1) is 44.7. The summed E-state index contributed by atoms with van der Waals surface area (Å²) < 4.78 is 145. The van der Waals surface area contributed by atoms with Crippen molar-refractivity contribution in [3.05, 3.63) is 109 Å². The first-order valence-corrected chi connectivity index (χ1v) is 23.3. The van der Waals surface area contributed by atoms with Crippen LogP contribution in [-0.4, -0.2) is 69.1 Å². The molecule has 1 unspecified atom stereocenters. The molecule has 8 rings (SSSR count). The van der Waals surface area contributed by atoms with Crippen molar-refractivity contribution in [3.63, 3.8) is 0 Å². The summed E-state index contributed by atoms with van der Waals surface area (Å²) in [4.78, 5) is 33.9. The van der Waals surface area contributed by atoms with Crippen molar-refractivity contribution < 1.29 is 48.0 Å². The summed E-state index contributed by atoms with van der Waals surface area (Å²) in [6.07, 6.45) is -2.40. The van der Waals surface area contributed by atoms with Crippen LogP contribution in [0.3, 0.4) is 0 Å². The number of alkyl halides is 4. The molecule has 336 valence electrons. The van der Waals surface area contributed by atoms with Gasteiger partial charge in [0.1, 0.15) is 39.6 Å². The molecule has 14 nitrogen and oxygen atoms in total. The number of amides is 1. The van der Waals surface area contributed by atoms with Gasteiger partial charge in [-0.1, -0.05) is 23.4 Å². The van der Waals surface area contributed by atoms with Crippen LogP contribution < -0.4 is 16.0 Å². The number of anilines is 1. The molecule has 3 aromatic heterocycles. The molecule has 1 saturated carbocycles. The van der Waals surface area contributed by atoms with Crippen LogP contribution in [0.2, 0.25) is 5.02 Å². The Kier molecular flexibility index (Phi) is 10.5. The molecule has 3 aromatic carbocycles. The van der Waals surface area contributed by atoms with Crippen molar-refractivity contribution in [1.82, 2.24) is 29.1 Å². The summed E-state index contributed by atoms with van der Waals surface area (Å²) in [5, 5.41) is 7.91. The number of benzene rings is 3. The highest BCUT2D eigenvalue weighted by atomic mass is 35.5. The van der Waals surface area contributed by atoms with Gasteiger partial charge in [-0.15, -0.1) is 0 Å². The van der Waals surface area contributed by atoms with Crippen LogP contribution in [0.5, 0.6) is 0 Å². The van der Waals surface area contributed by atoms with Crippen molar-refractivity contribution in [1.29, 1.82) is 0 Å². The van der Waals surface area contributed by atoms with E-state index in [0.29, 0.717) is 10.7 Å². The predicted molar refractivity (Wildman–Crippen MR) is 224 cm³/mol. The molecule has 3 N–H and O–H groups in total. The molecular weight excluding hydrogens is 914 g/mol. The smallest absolute Gasteiger partial charge is 0.293 e. The number of sulfonamides is 1. The van der Waals surface area contributed by atoms with Gasteiger partial charge >= 0.3 is 0 Å². The lowest BCUT2D eigenvalue weighted by molar-refractivity contribution is -0.122. The summed E-state index contributed by atoms with van der Waals surface area (Å²) in [6.45, 7) is 2.74. The molecule has 2 aliphatic rings. The topological polar surface area (TPSA) is 194 Å². The third kappa shape index (κ3) is 7.55. The van der Waals surface area contributed by atoms with Gasteiger partial charge in [0, 0.05) is 36.4 Å². The normalized spacial score (nSPS) is 17.8. The zero-order valence-electron chi connectivity index (χ0n) is 34.1. The number of nitrogens with one attached hydrogen (secondary N) is 1. The summed E-state index contributed by atoms with van der Waals surface area (Å²) in [7, 11) is -6.33. The van der Waals surface area contributed by atoms with E-state index in [4.69, 9.17) is 22.3 Å². The first-order valence-electron chi connectivity index (χ1n) is 19.2. The van der Waals surface area contributed by atoms with E-state index >= 15 is 13.6 Å². The van der Waals surface area contributed by atoms with Crippen LogP contribution in [0.4, 0.5) is 32.2 Å². The van der Waals surface area contributed by atoms with Crippen molar-refractivity contribution in [2.75, 3.05) is 17.2 Å². The number of fused-ring (bicyclic) bond motifs is 5. The standard InChI is InChI=1S/C41H35ClF6N8O6S2/c1-40(2,63(4,59)60)11-10-18-6-7-22-27(15-18)50-38(55(39(22)58)28-9-8-26(42)30-33(28)54(3)52-37(30)53-64(5,61)62)24(14-19-12-20(43)16-21(44)13-19)32(36(49)57)56-34-29(31(51-56)35(45)46)23-17-25(23)41(34,47)48/h6-9,12-13,15-16,23-25,32,35H,14,17H2,1-5H3,(H2,49,57)(H,52,53)/t23-,24-,25+,32?/m0/s1. The minimum absolute atomic E-state index is 0.0218. The fourth-order valence-electron chi connectivity index (χ4n) is 8.29. The van der Waals surface area contributed by atoms with Crippen LogP contribution in [0.25, 0.3) is 27.5 Å². The van der Waals surface area contributed by atoms with Gasteiger partial charge in [-0.2, -0.15) is 19.0 Å². The molecule has 23 heteroatoms. The largest absolute Gasteiger partial charge is 0.368 e. The molecule has 0 bridgehead atoms. The lowest BCUT2D eigenvalue weighted by Gasteiger charge is -2.30. The molecule has 1 amide bonds. The van der Waals surface area contributed by atoms with Gasteiger partial charge in [-0.05, 0) is 80.6 Å². The molecule has 6 aromatic rings. The zero-order chi connectivity index (χ0) is 46.7. The van der Waals surface area contributed by atoms with E-state index in [1.54, 1.807) is 0 Å². The summed E-state index contributed by atoms with van der Waals surface area (Å²) in [5.74, 6) is -7.05. The highest BCUT2D eigenvalue weighted by molar-refractivity contribution is 7.92. The van der Waals surface area contributed by atoms with Gasteiger partial charge in [-0.3, -0.25) is 23.6 Å². The number of aromatic nitrogens is 6. The number of rotatable bonds is 11. The number of aryl methyl sites for hydroxylation is 1. The maximum atomic E-state index is 16.3. The van der Waals surface area contributed by atoms with Crippen LogP contribution in [0, 0.1) is 29.4 Å². The lowest BCUT2D eigenvalue weighted by Crippen LogP contribution is -2.39. The van der Waals surface area contributed by atoms with Gasteiger partial charge < -0.3 is 5.73 Å². The Morgan fingerprint density at radius 2 is 1.72 bits per heavy atom. The Labute approximate surface area is 365 Å². The van der Waals surface area contributed by atoms with Crippen molar-refractivity contribution in [2.24, 2.45) is 18.7 Å². The monoisotopic (exact) mass is 948 g/mol. The molecule has 0 spiro atoms. The average Bonchev–Trinajstić information content (AvgIpc) is 3.70. The predicted octanol–water partition coefficient (Wildman–Crippen LogP) is 6.15. The van der Waals surface area contributed by atoms with E-state index < -0.39 is 113 Å². The average molecular weight is 949 g/mol. The molecule has 0 aliphatic heterocycles. The van der Waals surface area contributed by atoms with E-state index in [0.717, 1.165) is 33.9 Å². The van der Waals surface area contributed by atoms with Gasteiger partial charge in [0.2, 0.25) is 15.9 Å². The van der Waals surface area contributed by atoms with E-state index in [1.807, 2.05) is 0 Å². The Balaban J connectivity index is 1.50. The summed E-state index contributed by atoms with van der Waals surface area (Å²) in [5.41, 5.74) is 2.21. The number of carbonyl (C=O) groups excluding carboxylic acids is 1. The molecule has 0 saturated heterocycles. The van der Waals surface area contributed by atoms with Crippen LogP contribution in [0.15, 0.2) is 53.3 Å². The number of nitrogens with zero attached hydrogens (tertiary/aromatic N) is 6. The number of nitrogens with two attached hydrogens (primary N) is 1. The van der Waals surface area contributed by atoms with Crippen LogP contribution in [-0.2, 0) is 44.0 Å². The minimum Gasteiger partial charge on any atom is -0.368 e. The zero-order valence-corrected chi connectivity index (χ0v) is 36.5. The van der Waals surface area contributed by atoms with E-state index in [-0.39, 0.29) is 55.9 Å². The summed E-state index contributed by atoms with van der Waals surface area (Å²) in [6, 6.07) is 6.63. The van der Waals surface area contributed by atoms with Crippen molar-refractivity contribution >= 4 is 65.0 Å². The maximum Gasteiger partial charge on any atom is 0.293 e. The second kappa shape index (κ2) is 15.1. The maximum absolute atomic E-state index is 16.3. The second-order valence-corrected chi connectivity index (χ2v) is 21.1. The Hall–Kier alpha value is -5.92. The van der Waals surface area contributed by atoms with Crippen LogP contribution >= 0.6 is 11.6 Å². The van der Waals surface area contributed by atoms with Crippen molar-refractivity contribution in [2.45, 2.75) is 61.7 Å². The van der Waals surface area contributed by atoms with Gasteiger partial charge in [0.25, 0.3) is 17.9 Å². The third-order valence-corrected chi connectivity index (χ3v) is 14.4. The Bertz CT molecular complexity index is 3340. The van der Waals surface area contributed by atoms with E-state index in [1.165, 1.54) is 51.2 Å². The number of halogens is 7. The fraction of sp³-hybridized carbons (Fsp3) is 0.341. The van der Waals surface area contributed by atoms with Gasteiger partial charge in [-0.25, -0.2) is 44.1 Å². The highest BCUT2D eigenvalue weighted by Crippen LogP contribution is 2.68. The molecule has 1 fully saturated rings. The van der Waals surface area contributed by atoms with E-state index in [2.05, 4.69) is 26.8 Å². The molecule has 64 heavy (non-hydrogen) atoms. The molecule has 2 aliphatic carbocycles. The fourth-order valence-corrected chi connectivity index (χ4v) is 9.27. The minimum atomic E-state index is -3.99. The SMILES string of the molecule is Cn1nc(NS(C)(=O)=O)c2c(Cl)ccc(-n3c([C@@H](Cc4cc(F)cc(F)c4)C(C(N)=O)n4nc(C(F)F)c5c4C(F)(F)[C@@H]4C[C@H]54)nc4cc(C#CC(C)(C)S(C)(=O)=O)ccc4c3=O)c21. The summed E-state index contributed by atoms with van der Waals surface area (Å²) >= 11 is 6.62. The molecule has 0 radical (unpaired) electrons. The lowest BCUT2D eigenvalue weighted by atomic mass is 9.89. The molecule has 4 atom stereocenters. The highest BCUT2D eigenvalue weighted by Gasteiger charge is 2.68. The Morgan fingerprint density at radius 1 is 1.05 bits per heavy atom. The second-order valence-electron chi connectivity index (χ2n) is 16.4. The molecular formula is C41H35ClF6N8O6S2. The number of primary amides is 1. The third-order valence-electron chi connectivity index (χ3n) is 11.5. The number of sulfone groups is 1. The van der Waals surface area contributed by atoms with Gasteiger partial charge in [0.05, 0.1) is 44.7 Å².